The van der Waals surface area contributed by atoms with E-state index in [4.69, 9.17) is 10.5 Å². The zero-order chi connectivity index (χ0) is 10.7. The van der Waals surface area contributed by atoms with Crippen LogP contribution in [0.25, 0.3) is 0 Å². The first-order valence-corrected chi connectivity index (χ1v) is 4.64. The molecule has 0 radical (unpaired) electrons. The van der Waals surface area contributed by atoms with Gasteiger partial charge in [-0.2, -0.15) is 0 Å². The van der Waals surface area contributed by atoms with Crippen molar-refractivity contribution >= 4 is 0 Å². The monoisotopic (exact) mass is 195 g/mol. The van der Waals surface area contributed by atoms with Crippen LogP contribution in [0.3, 0.4) is 0 Å². The van der Waals surface area contributed by atoms with Crippen molar-refractivity contribution < 1.29 is 9.84 Å². The van der Waals surface area contributed by atoms with Gasteiger partial charge in [-0.1, -0.05) is 6.07 Å². The van der Waals surface area contributed by atoms with Gasteiger partial charge < -0.3 is 15.6 Å². The van der Waals surface area contributed by atoms with E-state index in [1.54, 1.807) is 14.0 Å². The molecule has 0 amide bonds. The molecule has 1 aromatic rings. The predicted molar refractivity (Wildman–Crippen MR) is 56.3 cm³/mol. The minimum atomic E-state index is -0.554. The number of aryl methyl sites for hydroxylation is 1. The standard InChI is InChI=1S/C11H17NO2/c1-7-4-9(11(12)8(2)13)6-10(5-7)14-3/h4-6,8,11,13H,12H2,1-3H3/t8-,11-/m0/s1. The van der Waals surface area contributed by atoms with E-state index in [9.17, 15) is 5.11 Å². The molecule has 0 aromatic heterocycles. The Balaban J connectivity index is 3.02. The SMILES string of the molecule is COc1cc(C)cc([C@@H](N)[C@H](C)O)c1. The summed E-state index contributed by atoms with van der Waals surface area (Å²) < 4.78 is 5.13. The number of ether oxygens (including phenoxy) is 1. The highest BCUT2D eigenvalue weighted by Crippen LogP contribution is 2.22. The molecule has 0 saturated heterocycles. The van der Waals surface area contributed by atoms with Crippen molar-refractivity contribution in [1.29, 1.82) is 0 Å². The van der Waals surface area contributed by atoms with Gasteiger partial charge in [0, 0.05) is 0 Å². The Labute approximate surface area is 84.5 Å². The van der Waals surface area contributed by atoms with Gasteiger partial charge in [-0.3, -0.25) is 0 Å². The van der Waals surface area contributed by atoms with Gasteiger partial charge in [0.25, 0.3) is 0 Å². The molecule has 1 aromatic carbocycles. The number of nitrogens with two attached hydrogens (primary N) is 1. The largest absolute Gasteiger partial charge is 0.497 e. The number of methoxy groups -OCH3 is 1. The van der Waals surface area contributed by atoms with Gasteiger partial charge in [0.2, 0.25) is 0 Å². The van der Waals surface area contributed by atoms with Gasteiger partial charge in [0.05, 0.1) is 19.3 Å². The third-order valence-corrected chi connectivity index (χ3v) is 2.21. The summed E-state index contributed by atoms with van der Waals surface area (Å²) in [6.07, 6.45) is -0.554. The summed E-state index contributed by atoms with van der Waals surface area (Å²) in [6, 6.07) is 5.38. The number of hydrogen-bond acceptors (Lipinski definition) is 3. The Bertz CT molecular complexity index is 310. The number of benzene rings is 1. The van der Waals surface area contributed by atoms with Crippen LogP contribution in [0, 0.1) is 6.92 Å². The predicted octanol–water partition coefficient (Wildman–Crippen LogP) is 1.38. The van der Waals surface area contributed by atoms with Crippen LogP contribution < -0.4 is 10.5 Å². The first kappa shape index (κ1) is 11.0. The molecule has 3 nitrogen and oxygen atoms in total. The Hall–Kier alpha value is -1.06. The summed E-state index contributed by atoms with van der Waals surface area (Å²) in [5, 5.41) is 9.36. The van der Waals surface area contributed by atoms with Gasteiger partial charge in [0.1, 0.15) is 5.75 Å². The second-order valence-electron chi connectivity index (χ2n) is 3.55. The van der Waals surface area contributed by atoms with Crippen LogP contribution >= 0.6 is 0 Å². The molecule has 0 unspecified atom stereocenters. The van der Waals surface area contributed by atoms with Crippen LogP contribution in [0.15, 0.2) is 18.2 Å². The van der Waals surface area contributed by atoms with Crippen molar-refractivity contribution in [2.24, 2.45) is 5.73 Å². The molecule has 78 valence electrons. The zero-order valence-electron chi connectivity index (χ0n) is 8.82. The number of rotatable bonds is 3. The molecular weight excluding hydrogens is 178 g/mol. The van der Waals surface area contributed by atoms with Crippen molar-refractivity contribution in [3.63, 3.8) is 0 Å². The smallest absolute Gasteiger partial charge is 0.119 e. The van der Waals surface area contributed by atoms with Gasteiger partial charge in [-0.25, -0.2) is 0 Å². The summed E-state index contributed by atoms with van der Waals surface area (Å²) >= 11 is 0. The van der Waals surface area contributed by atoms with E-state index < -0.39 is 6.10 Å². The molecule has 0 fully saturated rings. The maximum Gasteiger partial charge on any atom is 0.119 e. The summed E-state index contributed by atoms with van der Waals surface area (Å²) in [7, 11) is 1.62. The molecule has 3 heteroatoms. The maximum atomic E-state index is 9.36. The summed E-state index contributed by atoms with van der Waals surface area (Å²) in [5.74, 6) is 0.774. The van der Waals surface area contributed by atoms with Crippen molar-refractivity contribution in [1.82, 2.24) is 0 Å². The maximum absolute atomic E-state index is 9.36. The summed E-state index contributed by atoms with van der Waals surface area (Å²) in [6.45, 7) is 3.65. The van der Waals surface area contributed by atoms with Crippen molar-refractivity contribution in [3.8, 4) is 5.75 Å². The Morgan fingerprint density at radius 1 is 1.36 bits per heavy atom. The van der Waals surface area contributed by atoms with Gasteiger partial charge in [-0.15, -0.1) is 0 Å². The normalized spacial score (nSPS) is 14.9. The molecule has 2 atom stereocenters. The highest BCUT2D eigenvalue weighted by molar-refractivity contribution is 5.35. The van der Waals surface area contributed by atoms with Crippen molar-refractivity contribution in [2.75, 3.05) is 7.11 Å². The summed E-state index contributed by atoms with van der Waals surface area (Å²) in [5.41, 5.74) is 7.80. The Kier molecular flexibility index (Phi) is 3.49. The lowest BCUT2D eigenvalue weighted by Gasteiger charge is -2.16. The fraction of sp³-hybridized carbons (Fsp3) is 0.455. The van der Waals surface area contributed by atoms with E-state index in [1.165, 1.54) is 0 Å². The van der Waals surface area contributed by atoms with Gasteiger partial charge in [-0.05, 0) is 37.1 Å². The lowest BCUT2D eigenvalue weighted by Crippen LogP contribution is -2.23. The van der Waals surface area contributed by atoms with Gasteiger partial charge in [0.15, 0.2) is 0 Å². The van der Waals surface area contributed by atoms with E-state index in [2.05, 4.69) is 0 Å². The molecule has 14 heavy (non-hydrogen) atoms. The second kappa shape index (κ2) is 4.44. The Morgan fingerprint density at radius 3 is 2.50 bits per heavy atom. The highest BCUT2D eigenvalue weighted by atomic mass is 16.5. The van der Waals surface area contributed by atoms with E-state index in [-0.39, 0.29) is 6.04 Å². The molecule has 0 aliphatic carbocycles. The summed E-state index contributed by atoms with van der Waals surface area (Å²) in [4.78, 5) is 0. The quantitative estimate of drug-likeness (QED) is 0.766. The van der Waals surface area contributed by atoms with E-state index in [0.717, 1.165) is 16.9 Å². The van der Waals surface area contributed by atoms with Crippen LogP contribution in [0.5, 0.6) is 5.75 Å². The van der Waals surface area contributed by atoms with Crippen LogP contribution in [-0.2, 0) is 0 Å². The van der Waals surface area contributed by atoms with E-state index in [0.29, 0.717) is 0 Å². The Morgan fingerprint density at radius 2 is 2.00 bits per heavy atom. The van der Waals surface area contributed by atoms with Crippen LogP contribution in [0.2, 0.25) is 0 Å². The topological polar surface area (TPSA) is 55.5 Å². The number of aliphatic hydroxyl groups is 1. The fourth-order valence-corrected chi connectivity index (χ4v) is 1.37. The fourth-order valence-electron chi connectivity index (χ4n) is 1.37. The second-order valence-corrected chi connectivity index (χ2v) is 3.55. The molecule has 0 heterocycles. The van der Waals surface area contributed by atoms with Crippen molar-refractivity contribution in [2.45, 2.75) is 26.0 Å². The lowest BCUT2D eigenvalue weighted by atomic mass is 10.0. The molecular formula is C11H17NO2. The first-order valence-electron chi connectivity index (χ1n) is 4.64. The minimum absolute atomic E-state index is 0.358. The average molecular weight is 195 g/mol. The average Bonchev–Trinajstić information content (AvgIpc) is 2.15. The molecule has 0 saturated carbocycles. The number of hydrogen-bond donors (Lipinski definition) is 2. The third kappa shape index (κ3) is 2.47. The minimum Gasteiger partial charge on any atom is -0.497 e. The molecule has 0 aliphatic rings. The molecule has 0 bridgehead atoms. The molecule has 1 rings (SSSR count). The molecule has 3 N–H and O–H groups in total. The number of aliphatic hydroxyl groups excluding tert-OH is 1. The van der Waals surface area contributed by atoms with E-state index in [1.807, 2.05) is 25.1 Å². The molecule has 0 aliphatic heterocycles. The first-order chi connectivity index (χ1) is 6.54. The lowest BCUT2D eigenvalue weighted by molar-refractivity contribution is 0.164. The van der Waals surface area contributed by atoms with E-state index >= 15 is 0 Å². The third-order valence-electron chi connectivity index (χ3n) is 2.21. The van der Waals surface area contributed by atoms with Gasteiger partial charge >= 0.3 is 0 Å². The van der Waals surface area contributed by atoms with Crippen LogP contribution in [0.1, 0.15) is 24.1 Å². The zero-order valence-corrected chi connectivity index (χ0v) is 8.82. The highest BCUT2D eigenvalue weighted by Gasteiger charge is 2.12. The van der Waals surface area contributed by atoms with Crippen LogP contribution in [-0.4, -0.2) is 18.3 Å². The van der Waals surface area contributed by atoms with Crippen LogP contribution in [0.4, 0.5) is 0 Å². The van der Waals surface area contributed by atoms with Crippen molar-refractivity contribution in [3.05, 3.63) is 29.3 Å². The molecule has 0 spiro atoms.